The second-order valence-electron chi connectivity index (χ2n) is 7.11. The molecule has 2 aromatic heterocycles. The number of hydrogen-bond donors (Lipinski definition) is 2. The van der Waals surface area contributed by atoms with E-state index in [0.717, 1.165) is 16.8 Å². The molecular formula is C17H21F3N6O5S. The highest BCUT2D eigenvalue weighted by atomic mass is 32.2. The maximum absolute atomic E-state index is 13.0. The van der Waals surface area contributed by atoms with Crippen molar-refractivity contribution in [1.82, 2.24) is 24.0 Å². The van der Waals surface area contributed by atoms with Crippen molar-refractivity contribution in [1.29, 1.82) is 0 Å². The Balaban J connectivity index is 1.76. The fourth-order valence-electron chi connectivity index (χ4n) is 2.78. The monoisotopic (exact) mass is 478 g/mol. The van der Waals surface area contributed by atoms with Gasteiger partial charge in [-0.2, -0.15) is 30.9 Å². The minimum atomic E-state index is -4.76. The van der Waals surface area contributed by atoms with Crippen LogP contribution in [-0.2, 0) is 21.1 Å². The Labute approximate surface area is 181 Å². The zero-order chi connectivity index (χ0) is 23.5. The molecule has 3 rings (SSSR count). The van der Waals surface area contributed by atoms with Crippen molar-refractivity contribution in [2.75, 3.05) is 31.6 Å². The third-order valence-electron chi connectivity index (χ3n) is 4.40. The number of rotatable bonds is 6. The third kappa shape index (κ3) is 5.72. The second-order valence-corrected chi connectivity index (χ2v) is 8.78. The number of hydrogen-bond acceptors (Lipinski definition) is 9. The van der Waals surface area contributed by atoms with Crippen molar-refractivity contribution in [3.8, 4) is 0 Å². The average Bonchev–Trinajstić information content (AvgIpc) is 2.98. The molecule has 0 radical (unpaired) electrons. The van der Waals surface area contributed by atoms with Gasteiger partial charge in [0.25, 0.3) is 5.91 Å². The van der Waals surface area contributed by atoms with Gasteiger partial charge in [-0.1, -0.05) is 13.8 Å². The molecule has 15 heteroatoms. The number of amides is 1. The molecule has 0 spiro atoms. The van der Waals surface area contributed by atoms with Crippen molar-refractivity contribution >= 4 is 27.9 Å². The molecule has 0 saturated carbocycles. The zero-order valence-corrected chi connectivity index (χ0v) is 18.0. The van der Waals surface area contributed by atoms with E-state index in [1.54, 1.807) is 13.8 Å². The van der Waals surface area contributed by atoms with Crippen molar-refractivity contribution in [2.24, 2.45) is 0 Å². The Kier molecular flexibility index (Phi) is 7.00. The average molecular weight is 478 g/mol. The lowest BCUT2D eigenvalue weighted by molar-refractivity contribution is -0.144. The molecule has 32 heavy (non-hydrogen) atoms. The zero-order valence-electron chi connectivity index (χ0n) is 17.1. The van der Waals surface area contributed by atoms with E-state index in [-0.39, 0.29) is 37.4 Å². The molecule has 0 atom stereocenters. The van der Waals surface area contributed by atoms with E-state index in [4.69, 9.17) is 9.15 Å². The second kappa shape index (κ2) is 9.38. The number of anilines is 2. The Morgan fingerprint density at radius 2 is 1.97 bits per heavy atom. The number of ether oxygens (including phenoxy) is 1. The predicted octanol–water partition coefficient (Wildman–Crippen LogP) is 2.05. The summed E-state index contributed by atoms with van der Waals surface area (Å²) in [6.45, 7) is 4.33. The van der Waals surface area contributed by atoms with Crippen LogP contribution in [0.4, 0.5) is 25.0 Å². The molecule has 0 aliphatic carbocycles. The van der Waals surface area contributed by atoms with Crippen LogP contribution in [0.2, 0.25) is 0 Å². The predicted molar refractivity (Wildman–Crippen MR) is 104 cm³/mol. The first-order valence-electron chi connectivity index (χ1n) is 9.54. The fraction of sp³-hybridized carbons (Fsp3) is 0.529. The minimum absolute atomic E-state index is 0.0848. The van der Waals surface area contributed by atoms with Gasteiger partial charge in [0.2, 0.25) is 5.82 Å². The highest BCUT2D eigenvalue weighted by Crippen LogP contribution is 2.31. The number of carbonyl (C=O) groups is 1. The molecule has 2 aromatic rings. The molecule has 1 aliphatic rings. The Hall–Kier alpha value is -2.78. The van der Waals surface area contributed by atoms with Crippen LogP contribution in [0.1, 0.15) is 48.1 Å². The lowest BCUT2D eigenvalue weighted by atomic mass is 10.1. The molecule has 11 nitrogen and oxygen atoms in total. The van der Waals surface area contributed by atoms with Crippen LogP contribution in [0, 0.1) is 0 Å². The van der Waals surface area contributed by atoms with Gasteiger partial charge in [-0.25, -0.2) is 14.7 Å². The van der Waals surface area contributed by atoms with Crippen LogP contribution < -0.4 is 10.0 Å². The van der Waals surface area contributed by atoms with E-state index in [1.165, 1.54) is 0 Å². The number of nitrogens with one attached hydrogen (secondary N) is 2. The van der Waals surface area contributed by atoms with Gasteiger partial charge < -0.3 is 9.15 Å². The molecule has 3 heterocycles. The van der Waals surface area contributed by atoms with Crippen molar-refractivity contribution in [2.45, 2.75) is 32.4 Å². The van der Waals surface area contributed by atoms with Gasteiger partial charge in [-0.3, -0.25) is 10.1 Å². The maximum Gasteiger partial charge on any atom is 0.451 e. The summed E-state index contributed by atoms with van der Waals surface area (Å²) in [4.78, 5) is 23.0. The fourth-order valence-corrected chi connectivity index (χ4v) is 3.94. The molecule has 0 bridgehead atoms. The summed E-state index contributed by atoms with van der Waals surface area (Å²) in [5.74, 6) is -2.86. The lowest BCUT2D eigenvalue weighted by Gasteiger charge is -2.18. The summed E-state index contributed by atoms with van der Waals surface area (Å²) in [6.07, 6.45) is -2.37. The van der Waals surface area contributed by atoms with E-state index in [1.807, 2.05) is 4.72 Å². The Bertz CT molecular complexity index is 1060. The van der Waals surface area contributed by atoms with Gasteiger partial charge in [0.05, 0.1) is 6.61 Å². The topological polar surface area (TPSA) is 140 Å². The number of carbonyl (C=O) groups excluding carboxylic acids is 1. The summed E-state index contributed by atoms with van der Waals surface area (Å²) in [6, 6.07) is -0.343. The van der Waals surface area contributed by atoms with Crippen LogP contribution in [0.25, 0.3) is 0 Å². The first-order chi connectivity index (χ1) is 15.0. The normalized spacial score (nSPS) is 16.1. The van der Waals surface area contributed by atoms with E-state index < -0.39 is 33.8 Å². The molecule has 1 amide bonds. The standard InChI is InChI=1S/C17H21F3N6O5S/c1-10(2)11-8-21-15(17(18,19)20)23-13(11)24-16-22-12(9-31-16)14(27)25-32(28,29)26-4-3-6-30-7-5-26/h8-10H,3-7H2,1-2H3,(H,25,27)(H,21,22,23,24). The quantitative estimate of drug-likeness (QED) is 0.638. The van der Waals surface area contributed by atoms with Crippen LogP contribution in [-0.4, -0.2) is 59.9 Å². The molecule has 1 fully saturated rings. The number of oxazole rings is 1. The van der Waals surface area contributed by atoms with Crippen LogP contribution in [0.15, 0.2) is 16.9 Å². The highest BCUT2D eigenvalue weighted by molar-refractivity contribution is 7.87. The van der Waals surface area contributed by atoms with Gasteiger partial charge in [-0.05, 0) is 12.3 Å². The van der Waals surface area contributed by atoms with Crippen molar-refractivity contribution in [3.05, 3.63) is 29.5 Å². The van der Waals surface area contributed by atoms with Crippen LogP contribution in [0.3, 0.4) is 0 Å². The minimum Gasteiger partial charge on any atom is -0.431 e. The summed E-state index contributed by atoms with van der Waals surface area (Å²) in [7, 11) is -4.14. The number of halogens is 3. The third-order valence-corrected chi connectivity index (χ3v) is 5.89. The smallest absolute Gasteiger partial charge is 0.431 e. The SMILES string of the molecule is CC(C)c1cnc(C(F)(F)F)nc1Nc1nc(C(=O)NS(=O)(=O)N2CCCOCC2)co1. The van der Waals surface area contributed by atoms with Gasteiger partial charge in [0.1, 0.15) is 12.1 Å². The Morgan fingerprint density at radius 3 is 2.66 bits per heavy atom. The Morgan fingerprint density at radius 1 is 1.22 bits per heavy atom. The highest BCUT2D eigenvalue weighted by Gasteiger charge is 2.35. The molecule has 176 valence electrons. The molecular weight excluding hydrogens is 457 g/mol. The van der Waals surface area contributed by atoms with Gasteiger partial charge in [-0.15, -0.1) is 0 Å². The summed E-state index contributed by atoms with van der Waals surface area (Å²) in [5.41, 5.74) is -0.0356. The van der Waals surface area contributed by atoms with E-state index >= 15 is 0 Å². The molecule has 1 aliphatic heterocycles. The molecule has 2 N–H and O–H groups in total. The summed E-state index contributed by atoms with van der Waals surface area (Å²) in [5, 5.41) is 2.49. The molecule has 0 aromatic carbocycles. The van der Waals surface area contributed by atoms with Gasteiger partial charge in [0, 0.05) is 31.5 Å². The lowest BCUT2D eigenvalue weighted by Crippen LogP contribution is -2.44. The number of aromatic nitrogens is 3. The largest absolute Gasteiger partial charge is 0.451 e. The van der Waals surface area contributed by atoms with E-state index in [9.17, 15) is 26.4 Å². The van der Waals surface area contributed by atoms with Crippen molar-refractivity contribution in [3.63, 3.8) is 0 Å². The number of alkyl halides is 3. The number of nitrogens with zero attached hydrogens (tertiary/aromatic N) is 4. The maximum atomic E-state index is 13.0. The summed E-state index contributed by atoms with van der Waals surface area (Å²) >= 11 is 0. The van der Waals surface area contributed by atoms with Gasteiger partial charge in [0.15, 0.2) is 5.69 Å². The van der Waals surface area contributed by atoms with E-state index in [0.29, 0.717) is 18.6 Å². The van der Waals surface area contributed by atoms with E-state index in [2.05, 4.69) is 20.3 Å². The molecule has 0 unspecified atom stereocenters. The van der Waals surface area contributed by atoms with Gasteiger partial charge >= 0.3 is 22.4 Å². The first-order valence-corrected chi connectivity index (χ1v) is 11.0. The van der Waals surface area contributed by atoms with Crippen LogP contribution >= 0.6 is 0 Å². The van der Waals surface area contributed by atoms with Crippen molar-refractivity contribution < 1.29 is 35.5 Å². The summed E-state index contributed by atoms with van der Waals surface area (Å²) < 4.78 is 77.0. The first kappa shape index (κ1) is 23.9. The van der Waals surface area contributed by atoms with Crippen LogP contribution in [0.5, 0.6) is 0 Å². The molecule has 1 saturated heterocycles.